The lowest BCUT2D eigenvalue weighted by Crippen LogP contribution is -2.25. The fraction of sp³-hybridized carbons (Fsp3) is 0.857. The molecular formula is C7H15NO3. The molecule has 0 aliphatic carbocycles. The van der Waals surface area contributed by atoms with Crippen molar-refractivity contribution >= 4 is 5.97 Å². The molecule has 0 aliphatic heterocycles. The molecular weight excluding hydrogens is 146 g/mol. The Bertz CT molecular complexity index is 125. The number of aliphatic hydroxyl groups is 1. The van der Waals surface area contributed by atoms with Crippen LogP contribution in [-0.4, -0.2) is 29.8 Å². The SMILES string of the molecule is CC(C)OC(=O)C[C@@H](O)CN. The number of carbonyl (C=O) groups is 1. The van der Waals surface area contributed by atoms with Gasteiger partial charge in [-0.05, 0) is 13.8 Å². The van der Waals surface area contributed by atoms with Crippen molar-refractivity contribution in [2.24, 2.45) is 5.73 Å². The summed E-state index contributed by atoms with van der Waals surface area (Å²) in [5.41, 5.74) is 5.09. The summed E-state index contributed by atoms with van der Waals surface area (Å²) in [7, 11) is 0. The van der Waals surface area contributed by atoms with Crippen LogP contribution in [-0.2, 0) is 9.53 Å². The van der Waals surface area contributed by atoms with Gasteiger partial charge in [0, 0.05) is 6.54 Å². The highest BCUT2D eigenvalue weighted by molar-refractivity contribution is 5.70. The van der Waals surface area contributed by atoms with Gasteiger partial charge in [0.1, 0.15) is 0 Å². The molecule has 0 aromatic carbocycles. The first-order valence-electron chi connectivity index (χ1n) is 3.64. The van der Waals surface area contributed by atoms with Crippen LogP contribution in [0, 0.1) is 0 Å². The first-order chi connectivity index (χ1) is 5.06. The van der Waals surface area contributed by atoms with E-state index in [-0.39, 0.29) is 19.1 Å². The minimum absolute atomic E-state index is 0.0192. The molecule has 0 radical (unpaired) electrons. The van der Waals surface area contributed by atoms with Crippen LogP contribution in [0.4, 0.5) is 0 Å². The van der Waals surface area contributed by atoms with Crippen LogP contribution in [0.1, 0.15) is 20.3 Å². The van der Waals surface area contributed by atoms with Gasteiger partial charge in [-0.1, -0.05) is 0 Å². The van der Waals surface area contributed by atoms with Gasteiger partial charge in [-0.3, -0.25) is 4.79 Å². The van der Waals surface area contributed by atoms with E-state index in [1.807, 2.05) is 0 Å². The summed E-state index contributed by atoms with van der Waals surface area (Å²) in [5, 5.41) is 8.92. The van der Waals surface area contributed by atoms with Crippen LogP contribution >= 0.6 is 0 Å². The van der Waals surface area contributed by atoms with Crippen LogP contribution in [0.3, 0.4) is 0 Å². The summed E-state index contributed by atoms with van der Waals surface area (Å²) in [5.74, 6) is -0.405. The van der Waals surface area contributed by atoms with Crippen LogP contribution in [0.25, 0.3) is 0 Å². The molecule has 0 aromatic rings. The molecule has 0 spiro atoms. The van der Waals surface area contributed by atoms with E-state index in [0.717, 1.165) is 0 Å². The van der Waals surface area contributed by atoms with E-state index in [9.17, 15) is 4.79 Å². The first-order valence-corrected chi connectivity index (χ1v) is 3.64. The minimum atomic E-state index is -0.777. The smallest absolute Gasteiger partial charge is 0.308 e. The third-order valence-corrected chi connectivity index (χ3v) is 1.04. The molecule has 4 heteroatoms. The van der Waals surface area contributed by atoms with Gasteiger partial charge in [0.05, 0.1) is 18.6 Å². The zero-order valence-electron chi connectivity index (χ0n) is 6.91. The predicted molar refractivity (Wildman–Crippen MR) is 40.9 cm³/mol. The molecule has 0 saturated heterocycles. The third kappa shape index (κ3) is 5.82. The molecule has 0 aliphatic rings. The molecule has 0 unspecified atom stereocenters. The fourth-order valence-electron chi connectivity index (χ4n) is 0.587. The molecule has 0 bridgehead atoms. The molecule has 1 atom stereocenters. The maximum atomic E-state index is 10.8. The van der Waals surface area contributed by atoms with E-state index < -0.39 is 12.1 Å². The Morgan fingerprint density at radius 1 is 1.64 bits per heavy atom. The topological polar surface area (TPSA) is 72.5 Å². The average molecular weight is 161 g/mol. The van der Waals surface area contributed by atoms with Crippen LogP contribution in [0.5, 0.6) is 0 Å². The second kappa shape index (κ2) is 5.09. The molecule has 0 fully saturated rings. The summed E-state index contributed by atoms with van der Waals surface area (Å²) < 4.78 is 4.77. The molecule has 0 rings (SSSR count). The van der Waals surface area contributed by atoms with Gasteiger partial charge in [0.2, 0.25) is 0 Å². The molecule has 0 amide bonds. The van der Waals surface area contributed by atoms with Gasteiger partial charge in [-0.2, -0.15) is 0 Å². The molecule has 66 valence electrons. The minimum Gasteiger partial charge on any atom is -0.463 e. The summed E-state index contributed by atoms with van der Waals surface area (Å²) in [6.45, 7) is 3.60. The highest BCUT2D eigenvalue weighted by atomic mass is 16.5. The zero-order chi connectivity index (χ0) is 8.85. The largest absolute Gasteiger partial charge is 0.463 e. The quantitative estimate of drug-likeness (QED) is 0.553. The Balaban J connectivity index is 3.52. The number of hydrogen-bond donors (Lipinski definition) is 2. The van der Waals surface area contributed by atoms with Crippen LogP contribution < -0.4 is 5.73 Å². The number of carbonyl (C=O) groups excluding carboxylic acids is 1. The van der Waals surface area contributed by atoms with Gasteiger partial charge < -0.3 is 15.6 Å². The van der Waals surface area contributed by atoms with E-state index in [0.29, 0.717) is 0 Å². The van der Waals surface area contributed by atoms with Crippen molar-refractivity contribution in [2.75, 3.05) is 6.54 Å². The Hall–Kier alpha value is -0.610. The van der Waals surface area contributed by atoms with Crippen molar-refractivity contribution in [1.82, 2.24) is 0 Å². The van der Waals surface area contributed by atoms with Crippen LogP contribution in [0.15, 0.2) is 0 Å². The maximum absolute atomic E-state index is 10.8. The summed E-state index contributed by atoms with van der Waals surface area (Å²) >= 11 is 0. The lowest BCUT2D eigenvalue weighted by atomic mass is 10.2. The Kier molecular flexibility index (Phi) is 4.81. The predicted octanol–water partition coefficient (Wildman–Crippen LogP) is -0.352. The monoisotopic (exact) mass is 161 g/mol. The van der Waals surface area contributed by atoms with E-state index in [1.165, 1.54) is 0 Å². The third-order valence-electron chi connectivity index (χ3n) is 1.04. The van der Waals surface area contributed by atoms with Gasteiger partial charge in [-0.15, -0.1) is 0 Å². The van der Waals surface area contributed by atoms with Crippen molar-refractivity contribution in [2.45, 2.75) is 32.5 Å². The zero-order valence-corrected chi connectivity index (χ0v) is 6.91. The average Bonchev–Trinajstić information content (AvgIpc) is 1.85. The summed E-state index contributed by atoms with van der Waals surface area (Å²) in [6, 6.07) is 0. The standard InChI is InChI=1S/C7H15NO3/c1-5(2)11-7(10)3-6(9)4-8/h5-6,9H,3-4,8H2,1-2H3/t6-/m1/s1. The van der Waals surface area contributed by atoms with E-state index in [2.05, 4.69) is 0 Å². The molecule has 4 nitrogen and oxygen atoms in total. The van der Waals surface area contributed by atoms with E-state index >= 15 is 0 Å². The fourth-order valence-corrected chi connectivity index (χ4v) is 0.587. The van der Waals surface area contributed by atoms with Gasteiger partial charge in [0.15, 0.2) is 0 Å². The highest BCUT2D eigenvalue weighted by Gasteiger charge is 2.10. The molecule has 3 N–H and O–H groups in total. The lowest BCUT2D eigenvalue weighted by molar-refractivity contribution is -0.149. The second-order valence-corrected chi connectivity index (χ2v) is 2.63. The number of hydrogen-bond acceptors (Lipinski definition) is 4. The first kappa shape index (κ1) is 10.4. The highest BCUT2D eigenvalue weighted by Crippen LogP contribution is 1.96. The normalized spacial score (nSPS) is 13.2. The summed E-state index contributed by atoms with van der Waals surface area (Å²) in [6.07, 6.45) is -0.928. The van der Waals surface area contributed by atoms with Crippen molar-refractivity contribution in [3.8, 4) is 0 Å². The van der Waals surface area contributed by atoms with Gasteiger partial charge in [0.25, 0.3) is 0 Å². The maximum Gasteiger partial charge on any atom is 0.308 e. The van der Waals surface area contributed by atoms with E-state index in [4.69, 9.17) is 15.6 Å². The van der Waals surface area contributed by atoms with Crippen LogP contribution in [0.2, 0.25) is 0 Å². The second-order valence-electron chi connectivity index (χ2n) is 2.63. The van der Waals surface area contributed by atoms with Crippen molar-refractivity contribution in [1.29, 1.82) is 0 Å². The molecule has 0 saturated carbocycles. The number of aliphatic hydroxyl groups excluding tert-OH is 1. The molecule has 0 heterocycles. The summed E-state index contributed by atoms with van der Waals surface area (Å²) in [4.78, 5) is 10.8. The number of ether oxygens (including phenoxy) is 1. The van der Waals surface area contributed by atoms with E-state index in [1.54, 1.807) is 13.8 Å². The van der Waals surface area contributed by atoms with Gasteiger partial charge >= 0.3 is 5.97 Å². The number of rotatable bonds is 4. The van der Waals surface area contributed by atoms with Gasteiger partial charge in [-0.25, -0.2) is 0 Å². The molecule has 11 heavy (non-hydrogen) atoms. The van der Waals surface area contributed by atoms with Crippen molar-refractivity contribution < 1.29 is 14.6 Å². The number of esters is 1. The number of nitrogens with two attached hydrogens (primary N) is 1. The Morgan fingerprint density at radius 3 is 2.55 bits per heavy atom. The lowest BCUT2D eigenvalue weighted by Gasteiger charge is -2.09. The molecule has 0 aromatic heterocycles. The Labute approximate surface area is 66.3 Å². The van der Waals surface area contributed by atoms with Crippen molar-refractivity contribution in [3.05, 3.63) is 0 Å². The Morgan fingerprint density at radius 2 is 2.18 bits per heavy atom. The van der Waals surface area contributed by atoms with Crippen molar-refractivity contribution in [3.63, 3.8) is 0 Å².